The number of nitrogens with two attached hydrogens (primary N) is 1. The summed E-state index contributed by atoms with van der Waals surface area (Å²) in [6.07, 6.45) is 0. The summed E-state index contributed by atoms with van der Waals surface area (Å²) in [6, 6.07) is 4.27. The monoisotopic (exact) mass is 267 g/mol. The van der Waals surface area contributed by atoms with E-state index in [1.165, 1.54) is 19.2 Å². The van der Waals surface area contributed by atoms with Gasteiger partial charge in [0.05, 0.1) is 7.11 Å². The minimum absolute atomic E-state index is 0.00423. The maximum Gasteiger partial charge on any atom is 0.339 e. The van der Waals surface area contributed by atoms with Crippen LogP contribution < -0.4 is 10.5 Å². The van der Waals surface area contributed by atoms with Gasteiger partial charge in [-0.25, -0.2) is 9.18 Å². The molecule has 94 valence electrons. The molecule has 0 aliphatic heterocycles. The minimum Gasteiger partial charge on any atom is -0.494 e. The first kappa shape index (κ1) is 12.4. The van der Waals surface area contributed by atoms with Gasteiger partial charge < -0.3 is 15.6 Å². The van der Waals surface area contributed by atoms with Crippen molar-refractivity contribution in [1.29, 1.82) is 0 Å². The van der Waals surface area contributed by atoms with Crippen molar-refractivity contribution in [3.63, 3.8) is 0 Å². The average Bonchev–Trinajstić information content (AvgIpc) is 2.71. The number of benzene rings is 1. The zero-order valence-electron chi connectivity index (χ0n) is 9.44. The summed E-state index contributed by atoms with van der Waals surface area (Å²) in [7, 11) is 1.36. The van der Waals surface area contributed by atoms with Gasteiger partial charge in [-0.3, -0.25) is 0 Å². The molecule has 1 aromatic heterocycles. The third kappa shape index (κ3) is 2.02. The highest BCUT2D eigenvalue weighted by Gasteiger charge is 2.18. The van der Waals surface area contributed by atoms with Gasteiger partial charge in [0, 0.05) is 10.9 Å². The van der Waals surface area contributed by atoms with Crippen molar-refractivity contribution in [2.75, 3.05) is 12.8 Å². The Morgan fingerprint density at radius 3 is 2.78 bits per heavy atom. The van der Waals surface area contributed by atoms with E-state index in [1.54, 1.807) is 11.4 Å². The molecule has 1 aromatic carbocycles. The van der Waals surface area contributed by atoms with Gasteiger partial charge in [-0.15, -0.1) is 11.3 Å². The number of carboxylic acid groups (broad SMARTS) is 1. The zero-order chi connectivity index (χ0) is 13.3. The van der Waals surface area contributed by atoms with Gasteiger partial charge in [0.2, 0.25) is 0 Å². The second-order valence-electron chi connectivity index (χ2n) is 3.54. The Morgan fingerprint density at radius 1 is 1.50 bits per heavy atom. The number of nitrogen functional groups attached to an aromatic ring is 1. The summed E-state index contributed by atoms with van der Waals surface area (Å²) in [4.78, 5) is 11.1. The van der Waals surface area contributed by atoms with Gasteiger partial charge in [-0.05, 0) is 17.7 Å². The molecule has 0 spiro atoms. The van der Waals surface area contributed by atoms with Crippen LogP contribution in [0.5, 0.6) is 5.75 Å². The molecule has 0 bridgehead atoms. The average molecular weight is 267 g/mol. The highest BCUT2D eigenvalue weighted by atomic mass is 32.1. The molecule has 0 saturated heterocycles. The standard InChI is InChI=1S/C12H10FNO3S/c1-17-9-3-2-6(4-8(9)13)7-5-18-11(14)10(7)12(15)16/h2-5H,14H2,1H3,(H,15,16). The number of methoxy groups -OCH3 is 1. The molecular formula is C12H10FNO3S. The second kappa shape index (κ2) is 4.66. The number of aromatic carboxylic acids is 1. The minimum atomic E-state index is -1.13. The Kier molecular flexibility index (Phi) is 3.20. The Bertz CT molecular complexity index is 609. The van der Waals surface area contributed by atoms with Gasteiger partial charge in [-0.1, -0.05) is 6.07 Å². The van der Waals surface area contributed by atoms with Crippen molar-refractivity contribution in [3.8, 4) is 16.9 Å². The summed E-state index contributed by atoms with van der Waals surface area (Å²) in [5, 5.41) is 10.9. The first-order chi connectivity index (χ1) is 8.54. The maximum atomic E-state index is 13.6. The summed E-state index contributed by atoms with van der Waals surface area (Å²) >= 11 is 1.11. The lowest BCUT2D eigenvalue weighted by atomic mass is 10.0. The number of rotatable bonds is 3. The van der Waals surface area contributed by atoms with Crippen molar-refractivity contribution >= 4 is 22.3 Å². The molecule has 18 heavy (non-hydrogen) atoms. The highest BCUT2D eigenvalue weighted by Crippen LogP contribution is 2.35. The van der Waals surface area contributed by atoms with E-state index < -0.39 is 11.8 Å². The summed E-state index contributed by atoms with van der Waals surface area (Å²) in [5.74, 6) is -1.56. The molecule has 0 fully saturated rings. The van der Waals surface area contributed by atoms with E-state index in [4.69, 9.17) is 15.6 Å². The molecule has 1 heterocycles. The molecule has 0 aliphatic rings. The van der Waals surface area contributed by atoms with E-state index in [0.717, 1.165) is 11.3 Å². The zero-order valence-corrected chi connectivity index (χ0v) is 10.3. The quantitative estimate of drug-likeness (QED) is 0.896. The van der Waals surface area contributed by atoms with Crippen molar-refractivity contribution < 1.29 is 19.0 Å². The van der Waals surface area contributed by atoms with Gasteiger partial charge in [0.15, 0.2) is 11.6 Å². The number of carbonyl (C=O) groups is 1. The van der Waals surface area contributed by atoms with Crippen LogP contribution in [0, 0.1) is 5.82 Å². The predicted octanol–water partition coefficient (Wildman–Crippen LogP) is 2.84. The molecule has 0 atom stereocenters. The molecule has 0 radical (unpaired) electrons. The van der Waals surface area contributed by atoms with E-state index in [-0.39, 0.29) is 16.3 Å². The molecular weight excluding hydrogens is 257 g/mol. The summed E-state index contributed by atoms with van der Waals surface area (Å²) < 4.78 is 18.4. The highest BCUT2D eigenvalue weighted by molar-refractivity contribution is 7.14. The molecule has 0 aliphatic carbocycles. The lowest BCUT2D eigenvalue weighted by Crippen LogP contribution is -2.00. The SMILES string of the molecule is COc1ccc(-c2csc(N)c2C(=O)O)cc1F. The van der Waals surface area contributed by atoms with Gasteiger partial charge in [0.25, 0.3) is 0 Å². The number of anilines is 1. The predicted molar refractivity (Wildman–Crippen MR) is 67.6 cm³/mol. The van der Waals surface area contributed by atoms with Crippen LogP contribution in [0.25, 0.3) is 11.1 Å². The van der Waals surface area contributed by atoms with Crippen LogP contribution in [-0.4, -0.2) is 18.2 Å². The van der Waals surface area contributed by atoms with Crippen molar-refractivity contribution in [1.82, 2.24) is 0 Å². The Balaban J connectivity index is 2.56. The topological polar surface area (TPSA) is 72.5 Å². The molecule has 4 nitrogen and oxygen atoms in total. The number of halogens is 1. The first-order valence-corrected chi connectivity index (χ1v) is 5.86. The second-order valence-corrected chi connectivity index (χ2v) is 4.45. The first-order valence-electron chi connectivity index (χ1n) is 4.98. The number of hydrogen-bond donors (Lipinski definition) is 2. The molecule has 0 amide bonds. The fraction of sp³-hybridized carbons (Fsp3) is 0.0833. The summed E-state index contributed by atoms with van der Waals surface area (Å²) in [5.41, 5.74) is 6.46. The smallest absolute Gasteiger partial charge is 0.339 e. The van der Waals surface area contributed by atoms with Crippen LogP contribution in [0.2, 0.25) is 0 Å². The molecule has 2 rings (SSSR count). The van der Waals surface area contributed by atoms with Gasteiger partial charge in [0.1, 0.15) is 10.6 Å². The number of hydrogen-bond acceptors (Lipinski definition) is 4. The van der Waals surface area contributed by atoms with E-state index in [0.29, 0.717) is 11.1 Å². The molecule has 2 aromatic rings. The van der Waals surface area contributed by atoms with Crippen LogP contribution >= 0.6 is 11.3 Å². The third-order valence-electron chi connectivity index (χ3n) is 2.50. The lowest BCUT2D eigenvalue weighted by Gasteiger charge is -2.05. The van der Waals surface area contributed by atoms with Crippen LogP contribution in [-0.2, 0) is 0 Å². The van der Waals surface area contributed by atoms with E-state index in [1.807, 2.05) is 0 Å². The molecule has 0 unspecified atom stereocenters. The summed E-state index contributed by atoms with van der Waals surface area (Å²) in [6.45, 7) is 0. The van der Waals surface area contributed by atoms with Crippen LogP contribution in [0.15, 0.2) is 23.6 Å². The number of ether oxygens (including phenoxy) is 1. The van der Waals surface area contributed by atoms with E-state index in [2.05, 4.69) is 0 Å². The lowest BCUT2D eigenvalue weighted by molar-refractivity contribution is 0.0699. The van der Waals surface area contributed by atoms with Crippen molar-refractivity contribution in [3.05, 3.63) is 35.0 Å². The third-order valence-corrected chi connectivity index (χ3v) is 3.31. The van der Waals surface area contributed by atoms with E-state index >= 15 is 0 Å². The van der Waals surface area contributed by atoms with Crippen molar-refractivity contribution in [2.24, 2.45) is 0 Å². The number of carboxylic acids is 1. The normalized spacial score (nSPS) is 10.3. The van der Waals surface area contributed by atoms with Gasteiger partial charge >= 0.3 is 5.97 Å². The van der Waals surface area contributed by atoms with Crippen molar-refractivity contribution in [2.45, 2.75) is 0 Å². The molecule has 3 N–H and O–H groups in total. The fourth-order valence-electron chi connectivity index (χ4n) is 1.64. The Labute approximate surface area is 106 Å². The molecule has 6 heteroatoms. The van der Waals surface area contributed by atoms with Crippen LogP contribution in [0.3, 0.4) is 0 Å². The van der Waals surface area contributed by atoms with E-state index in [9.17, 15) is 9.18 Å². The Hall–Kier alpha value is -2.08. The Morgan fingerprint density at radius 2 is 2.22 bits per heavy atom. The largest absolute Gasteiger partial charge is 0.494 e. The fourth-order valence-corrected chi connectivity index (χ4v) is 2.45. The maximum absolute atomic E-state index is 13.6. The van der Waals surface area contributed by atoms with Crippen LogP contribution in [0.1, 0.15) is 10.4 Å². The van der Waals surface area contributed by atoms with Crippen LogP contribution in [0.4, 0.5) is 9.39 Å². The number of thiophene rings is 1. The molecule has 0 saturated carbocycles. The van der Waals surface area contributed by atoms with Gasteiger partial charge in [-0.2, -0.15) is 0 Å².